The summed E-state index contributed by atoms with van der Waals surface area (Å²) in [5.41, 5.74) is 0. The van der Waals surface area contributed by atoms with Gasteiger partial charge >= 0.3 is 6.09 Å². The zero-order valence-electron chi connectivity index (χ0n) is 5.91. The Hall–Kier alpha value is -1.32. The molecule has 0 fully saturated rings. The van der Waals surface area contributed by atoms with Gasteiger partial charge < -0.3 is 10.4 Å². The van der Waals surface area contributed by atoms with Crippen LogP contribution in [-0.4, -0.2) is 23.0 Å². The van der Waals surface area contributed by atoms with Crippen molar-refractivity contribution in [2.45, 2.75) is 18.9 Å². The van der Waals surface area contributed by atoms with Crippen molar-refractivity contribution in [1.29, 1.82) is 0 Å². The number of nitrogens with one attached hydrogen (secondary N) is 1. The van der Waals surface area contributed by atoms with Gasteiger partial charge in [-0.15, -0.1) is 0 Å². The van der Waals surface area contributed by atoms with E-state index in [1.807, 2.05) is 0 Å². The molecule has 0 radical (unpaired) electrons. The van der Waals surface area contributed by atoms with Gasteiger partial charge in [0.1, 0.15) is 0 Å². The van der Waals surface area contributed by atoms with E-state index in [4.69, 9.17) is 5.11 Å². The third-order valence-electron chi connectivity index (χ3n) is 1.55. The van der Waals surface area contributed by atoms with Gasteiger partial charge in [0, 0.05) is 0 Å². The topological polar surface area (TPSA) is 66.4 Å². The number of hydrogen-bond acceptors (Lipinski definition) is 2. The molecular formula is C7H9NO3. The molecule has 1 atom stereocenters. The minimum Gasteiger partial charge on any atom is -0.465 e. The van der Waals surface area contributed by atoms with Crippen LogP contribution in [-0.2, 0) is 4.79 Å². The molecule has 0 saturated heterocycles. The predicted molar refractivity (Wildman–Crippen MR) is 38.3 cm³/mol. The standard InChI is InChI=1S/C7H9NO3/c9-6-4-2-1-3-5(6)8-7(10)11/h2,4-5,8H,1,3H2,(H,10,11)/t5-/m1/s1. The zero-order valence-corrected chi connectivity index (χ0v) is 5.91. The second kappa shape index (κ2) is 3.18. The van der Waals surface area contributed by atoms with E-state index >= 15 is 0 Å². The van der Waals surface area contributed by atoms with E-state index in [9.17, 15) is 9.59 Å². The van der Waals surface area contributed by atoms with Crippen molar-refractivity contribution in [1.82, 2.24) is 5.32 Å². The minimum atomic E-state index is -1.14. The van der Waals surface area contributed by atoms with Crippen LogP contribution < -0.4 is 5.32 Å². The minimum absolute atomic E-state index is 0.154. The van der Waals surface area contributed by atoms with Gasteiger partial charge in [0.2, 0.25) is 0 Å². The summed E-state index contributed by atoms with van der Waals surface area (Å²) in [7, 11) is 0. The predicted octanol–water partition coefficient (Wildman–Crippen LogP) is 0.542. The van der Waals surface area contributed by atoms with Crippen LogP contribution in [0.5, 0.6) is 0 Å². The summed E-state index contributed by atoms with van der Waals surface area (Å²) in [6.45, 7) is 0. The molecule has 0 saturated carbocycles. The monoisotopic (exact) mass is 155 g/mol. The number of amides is 1. The Morgan fingerprint density at radius 1 is 1.73 bits per heavy atom. The molecule has 2 N–H and O–H groups in total. The summed E-state index contributed by atoms with van der Waals surface area (Å²) in [5, 5.41) is 10.4. The average molecular weight is 155 g/mol. The summed E-state index contributed by atoms with van der Waals surface area (Å²) in [6, 6.07) is -0.530. The molecule has 0 aromatic heterocycles. The highest BCUT2D eigenvalue weighted by Gasteiger charge is 2.19. The number of carbonyl (C=O) groups excluding carboxylic acids is 1. The molecule has 0 bridgehead atoms. The first kappa shape index (κ1) is 7.78. The second-order valence-electron chi connectivity index (χ2n) is 2.38. The van der Waals surface area contributed by atoms with Crippen LogP contribution in [0.4, 0.5) is 4.79 Å². The molecule has 1 aliphatic rings. The normalized spacial score (nSPS) is 23.3. The quantitative estimate of drug-likeness (QED) is 0.580. The second-order valence-corrected chi connectivity index (χ2v) is 2.38. The lowest BCUT2D eigenvalue weighted by Gasteiger charge is -2.15. The first-order valence-electron chi connectivity index (χ1n) is 3.40. The van der Waals surface area contributed by atoms with Crippen molar-refractivity contribution in [3.8, 4) is 0 Å². The Balaban J connectivity index is 2.52. The summed E-state index contributed by atoms with van der Waals surface area (Å²) in [6.07, 6.45) is 3.36. The molecule has 0 unspecified atom stereocenters. The van der Waals surface area contributed by atoms with Gasteiger partial charge in [0.05, 0.1) is 6.04 Å². The number of hydrogen-bond donors (Lipinski definition) is 2. The zero-order chi connectivity index (χ0) is 8.27. The average Bonchev–Trinajstić information content (AvgIpc) is 1.93. The molecular weight excluding hydrogens is 146 g/mol. The Labute approximate surface area is 63.9 Å². The molecule has 0 aliphatic heterocycles. The molecule has 11 heavy (non-hydrogen) atoms. The van der Waals surface area contributed by atoms with E-state index in [-0.39, 0.29) is 5.78 Å². The number of ketones is 1. The molecule has 4 heteroatoms. The summed E-state index contributed by atoms with van der Waals surface area (Å²) in [5.74, 6) is -0.154. The van der Waals surface area contributed by atoms with Gasteiger partial charge in [-0.25, -0.2) is 4.79 Å². The van der Waals surface area contributed by atoms with Crippen molar-refractivity contribution >= 4 is 11.9 Å². The van der Waals surface area contributed by atoms with E-state index in [1.165, 1.54) is 6.08 Å². The number of carboxylic acid groups (broad SMARTS) is 1. The molecule has 60 valence electrons. The highest BCUT2D eigenvalue weighted by atomic mass is 16.4. The van der Waals surface area contributed by atoms with Crippen LogP contribution in [0.15, 0.2) is 12.2 Å². The fourth-order valence-electron chi connectivity index (χ4n) is 1.01. The van der Waals surface area contributed by atoms with Crippen LogP contribution in [0, 0.1) is 0 Å². The third kappa shape index (κ3) is 2.07. The Kier molecular flexibility index (Phi) is 2.25. The SMILES string of the molecule is O=C(O)N[C@@H]1CCC=CC1=O. The molecule has 0 spiro atoms. The Morgan fingerprint density at radius 3 is 3.00 bits per heavy atom. The largest absolute Gasteiger partial charge is 0.465 e. The van der Waals surface area contributed by atoms with E-state index in [0.29, 0.717) is 6.42 Å². The summed E-state index contributed by atoms with van der Waals surface area (Å²) >= 11 is 0. The molecule has 0 aromatic carbocycles. The van der Waals surface area contributed by atoms with E-state index in [0.717, 1.165) is 6.42 Å². The molecule has 0 heterocycles. The molecule has 1 rings (SSSR count). The van der Waals surface area contributed by atoms with Crippen LogP contribution >= 0.6 is 0 Å². The van der Waals surface area contributed by atoms with Gasteiger partial charge in [0.15, 0.2) is 5.78 Å². The van der Waals surface area contributed by atoms with Crippen molar-refractivity contribution in [2.24, 2.45) is 0 Å². The number of allylic oxidation sites excluding steroid dienone is 1. The maximum atomic E-state index is 10.9. The van der Waals surface area contributed by atoms with Crippen LogP contribution in [0.3, 0.4) is 0 Å². The first-order valence-corrected chi connectivity index (χ1v) is 3.40. The lowest BCUT2D eigenvalue weighted by atomic mass is 10.0. The highest BCUT2D eigenvalue weighted by Crippen LogP contribution is 2.06. The van der Waals surface area contributed by atoms with Crippen molar-refractivity contribution in [3.63, 3.8) is 0 Å². The van der Waals surface area contributed by atoms with Crippen LogP contribution in [0.2, 0.25) is 0 Å². The smallest absolute Gasteiger partial charge is 0.405 e. The van der Waals surface area contributed by atoms with Crippen LogP contribution in [0.1, 0.15) is 12.8 Å². The fourth-order valence-corrected chi connectivity index (χ4v) is 1.01. The first-order chi connectivity index (χ1) is 5.20. The van der Waals surface area contributed by atoms with E-state index < -0.39 is 12.1 Å². The lowest BCUT2D eigenvalue weighted by Crippen LogP contribution is -2.40. The highest BCUT2D eigenvalue weighted by molar-refractivity contribution is 5.96. The fraction of sp³-hybridized carbons (Fsp3) is 0.429. The third-order valence-corrected chi connectivity index (χ3v) is 1.55. The van der Waals surface area contributed by atoms with E-state index in [2.05, 4.69) is 5.32 Å². The van der Waals surface area contributed by atoms with E-state index in [1.54, 1.807) is 6.08 Å². The molecule has 0 aromatic rings. The van der Waals surface area contributed by atoms with Crippen LogP contribution in [0.25, 0.3) is 0 Å². The number of rotatable bonds is 1. The molecule has 1 aliphatic carbocycles. The van der Waals surface area contributed by atoms with Crippen molar-refractivity contribution in [3.05, 3.63) is 12.2 Å². The lowest BCUT2D eigenvalue weighted by molar-refractivity contribution is -0.116. The van der Waals surface area contributed by atoms with Gasteiger partial charge in [0.25, 0.3) is 0 Å². The van der Waals surface area contributed by atoms with Gasteiger partial charge in [-0.1, -0.05) is 6.08 Å². The van der Waals surface area contributed by atoms with Gasteiger partial charge in [-0.05, 0) is 18.9 Å². The maximum absolute atomic E-state index is 10.9. The van der Waals surface area contributed by atoms with Crippen molar-refractivity contribution in [2.75, 3.05) is 0 Å². The van der Waals surface area contributed by atoms with Gasteiger partial charge in [-0.2, -0.15) is 0 Å². The summed E-state index contributed by atoms with van der Waals surface area (Å²) in [4.78, 5) is 21.0. The van der Waals surface area contributed by atoms with Crippen molar-refractivity contribution < 1.29 is 14.7 Å². The summed E-state index contributed by atoms with van der Waals surface area (Å²) < 4.78 is 0. The Morgan fingerprint density at radius 2 is 2.45 bits per heavy atom. The number of carbonyl (C=O) groups is 2. The van der Waals surface area contributed by atoms with Gasteiger partial charge in [-0.3, -0.25) is 4.79 Å². The maximum Gasteiger partial charge on any atom is 0.405 e. The Bertz CT molecular complexity index is 210. The molecule has 1 amide bonds. The molecule has 4 nitrogen and oxygen atoms in total.